The van der Waals surface area contributed by atoms with Crippen molar-refractivity contribution in [3.63, 3.8) is 0 Å². The summed E-state index contributed by atoms with van der Waals surface area (Å²) in [6.45, 7) is 20.6. The lowest BCUT2D eigenvalue weighted by Gasteiger charge is -2.46. The highest BCUT2D eigenvalue weighted by molar-refractivity contribution is 6.74. The van der Waals surface area contributed by atoms with Crippen molar-refractivity contribution in [2.24, 2.45) is 5.92 Å². The van der Waals surface area contributed by atoms with Crippen LogP contribution in [0.1, 0.15) is 61.3 Å². The van der Waals surface area contributed by atoms with Gasteiger partial charge >= 0.3 is 0 Å². The minimum atomic E-state index is -1.86. The third-order valence-corrected chi connectivity index (χ3v) is 11.2. The average molecular weight is 387 g/mol. The predicted molar refractivity (Wildman–Crippen MR) is 104 cm³/mol. The Hall–Kier alpha value is 0.0169. The van der Waals surface area contributed by atoms with Crippen molar-refractivity contribution in [2.45, 2.75) is 109 Å². The maximum absolute atomic E-state index is 6.63. The molecule has 2 aliphatic heterocycles. The second-order valence-corrected chi connectivity index (χ2v) is 15.5. The number of hydrogen-bond acceptors (Lipinski definition) is 5. The Labute approximate surface area is 160 Å². The molecule has 0 bridgehead atoms. The largest absolute Gasteiger partial charge is 0.416 e. The molecule has 2 saturated heterocycles. The van der Waals surface area contributed by atoms with Crippen molar-refractivity contribution in [1.82, 2.24) is 0 Å². The Kier molecular flexibility index (Phi) is 4.99. The van der Waals surface area contributed by atoms with Crippen LogP contribution in [0.25, 0.3) is 0 Å². The highest BCUT2D eigenvalue weighted by Crippen LogP contribution is 2.51. The van der Waals surface area contributed by atoms with Gasteiger partial charge in [-0.1, -0.05) is 20.8 Å². The molecule has 0 amide bonds. The topological polar surface area (TPSA) is 46.2 Å². The molecule has 4 atom stereocenters. The van der Waals surface area contributed by atoms with Crippen LogP contribution in [0.2, 0.25) is 18.1 Å². The second kappa shape index (κ2) is 6.26. The van der Waals surface area contributed by atoms with Gasteiger partial charge in [0, 0.05) is 12.5 Å². The van der Waals surface area contributed by atoms with Crippen molar-refractivity contribution in [3.8, 4) is 0 Å². The number of ether oxygens (including phenoxy) is 4. The van der Waals surface area contributed by atoms with E-state index in [0.29, 0.717) is 13.2 Å². The SMILES string of the molecule is CC1(C)O[C@@H]2[C@@H](CC[C@]3(COC(C)(C)O3)[C@H]2CO[Si](C)(C)C(C)(C)C)O1. The smallest absolute Gasteiger partial charge is 0.191 e. The lowest BCUT2D eigenvalue weighted by molar-refractivity contribution is -0.203. The normalized spacial score (nSPS) is 39.3. The van der Waals surface area contributed by atoms with E-state index in [9.17, 15) is 0 Å². The first-order chi connectivity index (χ1) is 11.7. The van der Waals surface area contributed by atoms with Gasteiger partial charge in [0.15, 0.2) is 19.9 Å². The third-order valence-electron chi connectivity index (χ3n) is 6.69. The van der Waals surface area contributed by atoms with E-state index in [1.165, 1.54) is 0 Å². The van der Waals surface area contributed by atoms with Gasteiger partial charge in [-0.15, -0.1) is 0 Å². The molecule has 6 heteroatoms. The predicted octanol–water partition coefficient (Wildman–Crippen LogP) is 4.46. The molecule has 152 valence electrons. The zero-order chi connectivity index (χ0) is 19.6. The molecule has 1 saturated carbocycles. The van der Waals surface area contributed by atoms with E-state index in [1.54, 1.807) is 0 Å². The van der Waals surface area contributed by atoms with Crippen LogP contribution in [-0.4, -0.2) is 50.9 Å². The number of fused-ring (bicyclic) bond motifs is 1. The zero-order valence-electron chi connectivity index (χ0n) is 18.1. The third kappa shape index (κ3) is 3.78. The molecule has 0 aromatic rings. The molecule has 3 aliphatic rings. The average Bonchev–Trinajstić information content (AvgIpc) is 2.92. The molecule has 0 aromatic heterocycles. The Balaban J connectivity index is 1.85. The maximum Gasteiger partial charge on any atom is 0.191 e. The van der Waals surface area contributed by atoms with Gasteiger partial charge in [0.1, 0.15) is 5.60 Å². The summed E-state index contributed by atoms with van der Waals surface area (Å²) < 4.78 is 31.7. The second-order valence-electron chi connectivity index (χ2n) is 10.7. The minimum Gasteiger partial charge on any atom is -0.416 e. The summed E-state index contributed by atoms with van der Waals surface area (Å²) in [6.07, 6.45) is 1.95. The Morgan fingerprint density at radius 3 is 2.23 bits per heavy atom. The Morgan fingerprint density at radius 1 is 1.04 bits per heavy atom. The summed E-state index contributed by atoms with van der Waals surface area (Å²) in [7, 11) is -1.86. The summed E-state index contributed by atoms with van der Waals surface area (Å²) in [5.41, 5.74) is -0.350. The Bertz CT molecular complexity index is 537. The standard InChI is InChI=1S/C20H38O5Si/c1-17(2,3)26(8,9)22-12-14-16-15(23-19(6,7)24-16)10-11-20(14)13-21-18(4,5)25-20/h14-16H,10-13H2,1-9H3/t14-,15+,16-,20-/m0/s1. The summed E-state index contributed by atoms with van der Waals surface area (Å²) in [5, 5.41) is 0.173. The molecular formula is C20H38O5Si. The van der Waals surface area contributed by atoms with Crippen LogP contribution in [0.3, 0.4) is 0 Å². The molecule has 1 spiro atoms. The van der Waals surface area contributed by atoms with Crippen LogP contribution in [-0.2, 0) is 23.4 Å². The fourth-order valence-corrected chi connectivity index (χ4v) is 5.24. The van der Waals surface area contributed by atoms with Crippen molar-refractivity contribution in [3.05, 3.63) is 0 Å². The van der Waals surface area contributed by atoms with E-state index < -0.39 is 19.9 Å². The summed E-state index contributed by atoms with van der Waals surface area (Å²) in [4.78, 5) is 0. The Morgan fingerprint density at radius 2 is 1.69 bits per heavy atom. The lowest BCUT2D eigenvalue weighted by Crippen LogP contribution is -2.57. The van der Waals surface area contributed by atoms with Crippen LogP contribution in [0.4, 0.5) is 0 Å². The van der Waals surface area contributed by atoms with E-state index in [4.69, 9.17) is 23.4 Å². The molecule has 3 fully saturated rings. The van der Waals surface area contributed by atoms with Crippen LogP contribution in [0.15, 0.2) is 0 Å². The van der Waals surface area contributed by atoms with E-state index >= 15 is 0 Å². The fraction of sp³-hybridized carbons (Fsp3) is 1.00. The maximum atomic E-state index is 6.63. The number of rotatable bonds is 3. The highest BCUT2D eigenvalue weighted by atomic mass is 28.4. The summed E-state index contributed by atoms with van der Waals surface area (Å²) in [5.74, 6) is -0.999. The van der Waals surface area contributed by atoms with E-state index in [-0.39, 0.29) is 28.8 Å². The van der Waals surface area contributed by atoms with Gasteiger partial charge in [-0.2, -0.15) is 0 Å². The van der Waals surface area contributed by atoms with Crippen molar-refractivity contribution >= 4 is 8.32 Å². The fourth-order valence-electron chi connectivity index (χ4n) is 4.21. The summed E-state index contributed by atoms with van der Waals surface area (Å²) >= 11 is 0. The quantitative estimate of drug-likeness (QED) is 0.670. The van der Waals surface area contributed by atoms with Crippen molar-refractivity contribution in [2.75, 3.05) is 13.2 Å². The van der Waals surface area contributed by atoms with E-state index in [0.717, 1.165) is 12.8 Å². The van der Waals surface area contributed by atoms with Crippen molar-refractivity contribution < 1.29 is 23.4 Å². The molecule has 0 aromatic carbocycles. The molecule has 2 heterocycles. The monoisotopic (exact) mass is 386 g/mol. The summed E-state index contributed by atoms with van der Waals surface area (Å²) in [6, 6.07) is 0. The van der Waals surface area contributed by atoms with E-state index in [1.807, 2.05) is 27.7 Å². The van der Waals surface area contributed by atoms with Crippen LogP contribution < -0.4 is 0 Å². The van der Waals surface area contributed by atoms with Gasteiger partial charge in [0.05, 0.1) is 18.8 Å². The molecule has 3 rings (SSSR count). The van der Waals surface area contributed by atoms with Crippen LogP contribution in [0, 0.1) is 5.92 Å². The molecule has 26 heavy (non-hydrogen) atoms. The number of hydrogen-bond donors (Lipinski definition) is 0. The minimum absolute atomic E-state index is 0.0129. The first-order valence-corrected chi connectivity index (χ1v) is 12.9. The van der Waals surface area contributed by atoms with Gasteiger partial charge in [0.2, 0.25) is 0 Å². The lowest BCUT2D eigenvalue weighted by atomic mass is 9.73. The van der Waals surface area contributed by atoms with Crippen molar-refractivity contribution in [1.29, 1.82) is 0 Å². The first-order valence-electron chi connectivity index (χ1n) is 10.0. The molecule has 0 unspecified atom stereocenters. The van der Waals surface area contributed by atoms with E-state index in [2.05, 4.69) is 33.9 Å². The molecule has 1 aliphatic carbocycles. The molecule has 5 nitrogen and oxygen atoms in total. The van der Waals surface area contributed by atoms with Gasteiger partial charge in [-0.05, 0) is 58.7 Å². The zero-order valence-corrected chi connectivity index (χ0v) is 19.1. The van der Waals surface area contributed by atoms with Gasteiger partial charge in [-0.3, -0.25) is 0 Å². The van der Waals surface area contributed by atoms with Gasteiger partial charge in [-0.25, -0.2) is 0 Å². The van der Waals surface area contributed by atoms with Gasteiger partial charge in [0.25, 0.3) is 0 Å². The first kappa shape index (κ1) is 20.7. The van der Waals surface area contributed by atoms with Crippen LogP contribution >= 0.6 is 0 Å². The van der Waals surface area contributed by atoms with Gasteiger partial charge < -0.3 is 23.4 Å². The molecule has 0 radical (unpaired) electrons. The molecule has 0 N–H and O–H groups in total. The highest BCUT2D eigenvalue weighted by Gasteiger charge is 2.61. The molecular weight excluding hydrogens is 348 g/mol. The van der Waals surface area contributed by atoms with Crippen LogP contribution in [0.5, 0.6) is 0 Å².